The summed E-state index contributed by atoms with van der Waals surface area (Å²) in [6, 6.07) is 26.8. The molecular weight excluding hydrogens is 593 g/mol. The van der Waals surface area contributed by atoms with Crippen molar-refractivity contribution in [3.05, 3.63) is 96.7 Å². The van der Waals surface area contributed by atoms with E-state index in [2.05, 4.69) is 16.0 Å². The third-order valence-electron chi connectivity index (χ3n) is 5.44. The number of hydrogen-bond donors (Lipinski definition) is 1. The van der Waals surface area contributed by atoms with Gasteiger partial charge in [-0.2, -0.15) is 6.07 Å². The van der Waals surface area contributed by atoms with Crippen molar-refractivity contribution in [1.82, 2.24) is 14.5 Å². The number of fused-ring (bicyclic) bond motifs is 4. The second-order valence-electron chi connectivity index (χ2n) is 7.41. The molecule has 0 unspecified atom stereocenters. The number of rotatable bonds is 3. The predicted molar refractivity (Wildman–Crippen MR) is 126 cm³/mol. The number of aromatic nitrogens is 3. The van der Waals surface area contributed by atoms with Gasteiger partial charge in [-0.3, -0.25) is 0 Å². The van der Waals surface area contributed by atoms with Crippen LogP contribution in [0.5, 0.6) is 17.4 Å². The van der Waals surface area contributed by atoms with E-state index in [1.807, 2.05) is 53.1 Å². The van der Waals surface area contributed by atoms with Crippen LogP contribution in [0.3, 0.4) is 0 Å². The number of para-hydroxylation sites is 2. The third kappa shape index (κ3) is 3.55. The van der Waals surface area contributed by atoms with Crippen LogP contribution in [-0.2, 0) is 21.1 Å². The van der Waals surface area contributed by atoms with Crippen LogP contribution in [0.2, 0.25) is 0 Å². The van der Waals surface area contributed by atoms with Crippen LogP contribution in [0.25, 0.3) is 38.5 Å². The van der Waals surface area contributed by atoms with Crippen LogP contribution in [0.1, 0.15) is 9.68 Å². The molecule has 0 spiro atoms. The molecule has 3 aromatic carbocycles. The van der Waals surface area contributed by atoms with Crippen molar-refractivity contribution in [2.75, 3.05) is 0 Å². The minimum atomic E-state index is -2.41. The largest absolute Gasteiger partial charge is 0.506 e. The number of phenols is 1. The molecule has 0 saturated heterocycles. The molecule has 3 heterocycles. The number of benzene rings is 3. The van der Waals surface area contributed by atoms with Gasteiger partial charge in [0.25, 0.3) is 0 Å². The minimum absolute atomic E-state index is 0. The van der Waals surface area contributed by atoms with E-state index >= 15 is 0 Å². The monoisotopic (exact) mass is 614 g/mol. The van der Waals surface area contributed by atoms with Gasteiger partial charge in [-0.05, 0) is 42.1 Å². The Morgan fingerprint density at radius 2 is 1.79 bits per heavy atom. The maximum absolute atomic E-state index is 10.3. The van der Waals surface area contributed by atoms with Crippen molar-refractivity contribution in [3.8, 4) is 23.2 Å². The number of pyridine rings is 2. The number of nitrogens with zero attached hydrogens (tertiary/aromatic N) is 3. The van der Waals surface area contributed by atoms with Gasteiger partial charge in [0.2, 0.25) is 5.88 Å². The Balaban J connectivity index is 0.00000267. The second kappa shape index (κ2) is 8.34. The maximum atomic E-state index is 10.3. The zero-order chi connectivity index (χ0) is 24.2. The molecule has 6 heteroatoms. The van der Waals surface area contributed by atoms with Crippen LogP contribution in [0, 0.1) is 12.9 Å². The zero-order valence-electron chi connectivity index (χ0n) is 20.1. The van der Waals surface area contributed by atoms with Gasteiger partial charge in [-0.25, -0.2) is 9.97 Å². The van der Waals surface area contributed by atoms with Gasteiger partial charge in [0, 0.05) is 54.1 Å². The molecule has 6 rings (SSSR count). The Morgan fingerprint density at radius 3 is 2.64 bits per heavy atom. The molecule has 0 aliphatic heterocycles. The molecule has 5 nitrogen and oxygen atoms in total. The van der Waals surface area contributed by atoms with Crippen molar-refractivity contribution in [2.45, 2.75) is 6.85 Å². The Hall–Kier alpha value is -3.69. The van der Waals surface area contributed by atoms with Gasteiger partial charge < -0.3 is 14.4 Å². The van der Waals surface area contributed by atoms with E-state index in [0.29, 0.717) is 11.1 Å². The summed E-state index contributed by atoms with van der Waals surface area (Å²) in [7, 11) is 0. The van der Waals surface area contributed by atoms with Gasteiger partial charge in [0.05, 0.1) is 0 Å². The van der Waals surface area contributed by atoms with Crippen LogP contribution >= 0.6 is 0 Å². The number of aromatic hydroxyl groups is 1. The van der Waals surface area contributed by atoms with E-state index in [4.69, 9.17) is 8.85 Å². The van der Waals surface area contributed by atoms with Gasteiger partial charge in [0.15, 0.2) is 0 Å². The van der Waals surface area contributed by atoms with Gasteiger partial charge in [-0.1, -0.05) is 41.9 Å². The van der Waals surface area contributed by atoms with Gasteiger partial charge in [0.1, 0.15) is 17.1 Å². The molecule has 164 valence electrons. The summed E-state index contributed by atoms with van der Waals surface area (Å²) in [5.41, 5.74) is 1.96. The van der Waals surface area contributed by atoms with E-state index in [1.54, 1.807) is 24.4 Å². The van der Waals surface area contributed by atoms with E-state index in [9.17, 15) is 5.11 Å². The van der Waals surface area contributed by atoms with Gasteiger partial charge >= 0.3 is 0 Å². The van der Waals surface area contributed by atoms with E-state index < -0.39 is 6.85 Å². The van der Waals surface area contributed by atoms with Crippen molar-refractivity contribution in [3.63, 3.8) is 0 Å². The quantitative estimate of drug-likeness (QED) is 0.237. The standard InChI is InChI=1S/C27H18N3O2.Pt/c1-17-15-26(29-27-19(17)8-6-10-24(27)31)32-18-12-13-21-20-7-2-3-9-22(20)30(23(21)16-18)25-11-4-5-14-28-25;/h2-15,31H,1H3;/q-1;/i1D3;. The fourth-order valence-corrected chi connectivity index (χ4v) is 4.03. The second-order valence-corrected chi connectivity index (χ2v) is 7.41. The summed E-state index contributed by atoms with van der Waals surface area (Å²) in [5, 5.41) is 12.7. The first kappa shape index (κ1) is 17.8. The third-order valence-corrected chi connectivity index (χ3v) is 5.44. The topological polar surface area (TPSA) is 60.2 Å². The summed E-state index contributed by atoms with van der Waals surface area (Å²) in [4.78, 5) is 8.90. The summed E-state index contributed by atoms with van der Waals surface area (Å²) in [6.07, 6.45) is 1.73. The Labute approximate surface area is 208 Å². The molecule has 0 atom stereocenters. The Kier molecular flexibility index (Phi) is 4.50. The van der Waals surface area contributed by atoms with Crippen LogP contribution in [0.4, 0.5) is 0 Å². The molecule has 1 N–H and O–H groups in total. The molecule has 6 aromatic rings. The Morgan fingerprint density at radius 1 is 0.939 bits per heavy atom. The van der Waals surface area contributed by atoms with Crippen molar-refractivity contribution in [1.29, 1.82) is 0 Å². The van der Waals surface area contributed by atoms with E-state index in [0.717, 1.165) is 27.6 Å². The number of hydrogen-bond acceptors (Lipinski definition) is 4. The SMILES string of the molecule is [2H]C([2H])([2H])c1cc(Oc2[c-]c3c(cc2)c2ccccc2n3-c2ccccn2)nc2c(O)cccc12.[Pt]. The molecule has 0 amide bonds. The zero-order valence-corrected chi connectivity index (χ0v) is 19.4. The molecule has 0 aliphatic carbocycles. The fraction of sp³-hybridized carbons (Fsp3) is 0.0370. The van der Waals surface area contributed by atoms with Crippen molar-refractivity contribution >= 4 is 32.7 Å². The Bertz CT molecular complexity index is 1730. The fourth-order valence-electron chi connectivity index (χ4n) is 4.03. The van der Waals surface area contributed by atoms with E-state index in [-0.39, 0.29) is 43.8 Å². The first-order valence-corrected chi connectivity index (χ1v) is 10.1. The average Bonchev–Trinajstić information content (AvgIpc) is 3.18. The average molecular weight is 615 g/mol. The molecular formula is C27H18N3O2Pt-. The first-order valence-electron chi connectivity index (χ1n) is 11.6. The van der Waals surface area contributed by atoms with Gasteiger partial charge in [-0.15, -0.1) is 17.5 Å². The summed E-state index contributed by atoms with van der Waals surface area (Å²) in [6.45, 7) is -2.41. The molecule has 0 aliphatic rings. The van der Waals surface area contributed by atoms with Crippen LogP contribution < -0.4 is 4.74 Å². The molecule has 3 aromatic heterocycles. The van der Waals surface area contributed by atoms with Crippen LogP contribution in [0.15, 0.2) is 85.1 Å². The van der Waals surface area contributed by atoms with Crippen LogP contribution in [-0.4, -0.2) is 19.6 Å². The smallest absolute Gasteiger partial charge is 0.217 e. The molecule has 33 heavy (non-hydrogen) atoms. The molecule has 0 bridgehead atoms. The summed E-state index contributed by atoms with van der Waals surface area (Å²) in [5.74, 6) is 1.04. The van der Waals surface area contributed by atoms with Crippen molar-refractivity contribution in [2.24, 2.45) is 0 Å². The predicted octanol–water partition coefficient (Wildman–Crippen LogP) is 6.33. The molecule has 0 fully saturated rings. The van der Waals surface area contributed by atoms with Crippen molar-refractivity contribution < 1.29 is 35.0 Å². The summed E-state index contributed by atoms with van der Waals surface area (Å²) >= 11 is 0. The summed E-state index contributed by atoms with van der Waals surface area (Å²) < 4.78 is 31.9. The number of aryl methyl sites for hydroxylation is 1. The maximum Gasteiger partial charge on any atom is 0.217 e. The molecule has 0 radical (unpaired) electrons. The number of phenolic OH excluding ortho intramolecular Hbond substituents is 1. The first-order chi connectivity index (χ1) is 16.9. The normalized spacial score (nSPS) is 12.8. The number of ether oxygens (including phenoxy) is 1. The molecule has 0 saturated carbocycles. The van der Waals surface area contributed by atoms with E-state index in [1.165, 1.54) is 12.1 Å². The minimum Gasteiger partial charge on any atom is -0.506 e.